The number of amides is 1. The number of piperazine rings is 1. The maximum atomic E-state index is 13.1. The minimum atomic E-state index is -0.281. The lowest BCUT2D eigenvalue weighted by Crippen LogP contribution is -2.49. The summed E-state index contributed by atoms with van der Waals surface area (Å²) in [5.41, 5.74) is 0.750. The Morgan fingerprint density at radius 1 is 1.25 bits per heavy atom. The second-order valence-corrected chi connectivity index (χ2v) is 5.88. The van der Waals surface area contributed by atoms with Crippen LogP contribution in [0.1, 0.15) is 19.4 Å². The van der Waals surface area contributed by atoms with Crippen molar-refractivity contribution in [3.8, 4) is 0 Å². The van der Waals surface area contributed by atoms with Crippen molar-refractivity contribution < 1.29 is 9.18 Å². The van der Waals surface area contributed by atoms with Gasteiger partial charge in [0.05, 0.1) is 6.42 Å². The van der Waals surface area contributed by atoms with Crippen molar-refractivity contribution in [3.05, 3.63) is 35.6 Å². The summed E-state index contributed by atoms with van der Waals surface area (Å²) in [6, 6.07) is 6.29. The van der Waals surface area contributed by atoms with Gasteiger partial charge in [-0.15, -0.1) is 0 Å². The molecule has 1 aliphatic rings. The number of carbonyl (C=O) groups is 1. The van der Waals surface area contributed by atoms with Gasteiger partial charge < -0.3 is 4.90 Å². The van der Waals surface area contributed by atoms with Crippen LogP contribution in [0.5, 0.6) is 0 Å². The maximum Gasteiger partial charge on any atom is 0.227 e. The monoisotopic (exact) mass is 278 g/mol. The minimum absolute atomic E-state index is 0.0970. The summed E-state index contributed by atoms with van der Waals surface area (Å²) >= 11 is 0. The van der Waals surface area contributed by atoms with Crippen molar-refractivity contribution in [3.63, 3.8) is 0 Å². The van der Waals surface area contributed by atoms with Crippen LogP contribution in [-0.4, -0.2) is 48.4 Å². The lowest BCUT2D eigenvalue weighted by molar-refractivity contribution is -0.132. The molecule has 20 heavy (non-hydrogen) atoms. The molecule has 1 heterocycles. The molecule has 0 aliphatic carbocycles. The molecule has 1 aromatic carbocycles. The molecule has 1 aromatic rings. The number of carbonyl (C=O) groups excluding carboxylic acids is 1. The second-order valence-electron chi connectivity index (χ2n) is 5.88. The zero-order chi connectivity index (χ0) is 14.5. The Morgan fingerprint density at radius 3 is 2.55 bits per heavy atom. The highest BCUT2D eigenvalue weighted by molar-refractivity contribution is 5.78. The first-order chi connectivity index (χ1) is 9.54. The molecule has 110 valence electrons. The van der Waals surface area contributed by atoms with Gasteiger partial charge in [0.1, 0.15) is 5.82 Å². The van der Waals surface area contributed by atoms with Gasteiger partial charge >= 0.3 is 0 Å². The standard InChI is InChI=1S/C16H23FN2O/c1-13(2)12-18-6-8-19(9-7-18)16(20)11-14-4-3-5-15(17)10-14/h3-5,10,13H,6-9,11-12H2,1-2H3. The van der Waals surface area contributed by atoms with E-state index in [2.05, 4.69) is 18.7 Å². The Hall–Kier alpha value is -1.42. The third-order valence-corrected chi connectivity index (χ3v) is 3.59. The van der Waals surface area contributed by atoms with Crippen LogP contribution in [-0.2, 0) is 11.2 Å². The molecule has 0 spiro atoms. The molecular weight excluding hydrogens is 255 g/mol. The van der Waals surface area contributed by atoms with Crippen LogP contribution in [0.25, 0.3) is 0 Å². The van der Waals surface area contributed by atoms with Gasteiger partial charge in [0.15, 0.2) is 0 Å². The molecule has 1 aliphatic heterocycles. The van der Waals surface area contributed by atoms with Crippen LogP contribution in [0.3, 0.4) is 0 Å². The number of benzene rings is 1. The van der Waals surface area contributed by atoms with Crippen molar-refractivity contribution >= 4 is 5.91 Å². The van der Waals surface area contributed by atoms with Crippen LogP contribution in [0.15, 0.2) is 24.3 Å². The molecular formula is C16H23FN2O. The highest BCUT2D eigenvalue weighted by Crippen LogP contribution is 2.09. The first-order valence-electron chi connectivity index (χ1n) is 7.29. The van der Waals surface area contributed by atoms with E-state index in [4.69, 9.17) is 0 Å². The number of hydrogen-bond acceptors (Lipinski definition) is 2. The topological polar surface area (TPSA) is 23.6 Å². The van der Waals surface area contributed by atoms with E-state index in [0.717, 1.165) is 38.3 Å². The fraction of sp³-hybridized carbons (Fsp3) is 0.562. The van der Waals surface area contributed by atoms with Gasteiger partial charge in [0.25, 0.3) is 0 Å². The highest BCUT2D eigenvalue weighted by atomic mass is 19.1. The zero-order valence-electron chi connectivity index (χ0n) is 12.3. The fourth-order valence-electron chi connectivity index (χ4n) is 2.63. The lowest BCUT2D eigenvalue weighted by Gasteiger charge is -2.35. The molecule has 0 aromatic heterocycles. The van der Waals surface area contributed by atoms with Crippen LogP contribution < -0.4 is 0 Å². The molecule has 0 saturated carbocycles. The largest absolute Gasteiger partial charge is 0.340 e. The molecule has 0 radical (unpaired) electrons. The Morgan fingerprint density at radius 2 is 1.95 bits per heavy atom. The fourth-order valence-corrected chi connectivity index (χ4v) is 2.63. The third kappa shape index (κ3) is 4.30. The molecule has 4 heteroatoms. The summed E-state index contributed by atoms with van der Waals surface area (Å²) in [4.78, 5) is 16.5. The summed E-state index contributed by atoms with van der Waals surface area (Å²) in [5, 5.41) is 0. The molecule has 0 bridgehead atoms. The van der Waals surface area contributed by atoms with Crippen LogP contribution in [0.2, 0.25) is 0 Å². The van der Waals surface area contributed by atoms with E-state index in [9.17, 15) is 9.18 Å². The predicted octanol–water partition coefficient (Wildman–Crippen LogP) is 2.17. The molecule has 1 amide bonds. The van der Waals surface area contributed by atoms with Crippen molar-refractivity contribution in [2.75, 3.05) is 32.7 Å². The first-order valence-corrected chi connectivity index (χ1v) is 7.29. The highest BCUT2D eigenvalue weighted by Gasteiger charge is 2.21. The van der Waals surface area contributed by atoms with E-state index in [1.165, 1.54) is 12.1 Å². The average Bonchev–Trinajstić information content (AvgIpc) is 2.38. The molecule has 0 unspecified atom stereocenters. The zero-order valence-corrected chi connectivity index (χ0v) is 12.3. The van der Waals surface area contributed by atoms with Crippen LogP contribution in [0.4, 0.5) is 4.39 Å². The van der Waals surface area contributed by atoms with Crippen molar-refractivity contribution in [1.82, 2.24) is 9.80 Å². The van der Waals surface area contributed by atoms with Crippen LogP contribution >= 0.6 is 0 Å². The lowest BCUT2D eigenvalue weighted by atomic mass is 10.1. The Bertz CT molecular complexity index is 454. The van der Waals surface area contributed by atoms with Gasteiger partial charge in [-0.2, -0.15) is 0 Å². The number of rotatable bonds is 4. The van der Waals surface area contributed by atoms with E-state index >= 15 is 0 Å². The predicted molar refractivity (Wildman–Crippen MR) is 78.0 cm³/mol. The maximum absolute atomic E-state index is 13.1. The summed E-state index contributed by atoms with van der Waals surface area (Å²) in [5.74, 6) is 0.474. The SMILES string of the molecule is CC(C)CN1CCN(C(=O)Cc2cccc(F)c2)CC1. The van der Waals surface area contributed by atoms with Gasteiger partial charge in [-0.05, 0) is 23.6 Å². The average molecular weight is 278 g/mol. The van der Waals surface area contributed by atoms with Gasteiger partial charge in [-0.3, -0.25) is 9.69 Å². The van der Waals surface area contributed by atoms with E-state index in [-0.39, 0.29) is 11.7 Å². The quantitative estimate of drug-likeness (QED) is 0.842. The molecule has 2 rings (SSSR count). The van der Waals surface area contributed by atoms with Crippen molar-refractivity contribution in [1.29, 1.82) is 0 Å². The molecule has 1 fully saturated rings. The molecule has 0 atom stereocenters. The summed E-state index contributed by atoms with van der Waals surface area (Å²) < 4.78 is 13.1. The van der Waals surface area contributed by atoms with Gasteiger partial charge in [0.2, 0.25) is 5.91 Å². The third-order valence-electron chi connectivity index (χ3n) is 3.59. The number of hydrogen-bond donors (Lipinski definition) is 0. The molecule has 1 saturated heterocycles. The van der Waals surface area contributed by atoms with E-state index in [0.29, 0.717) is 12.3 Å². The smallest absolute Gasteiger partial charge is 0.227 e. The van der Waals surface area contributed by atoms with E-state index in [1.807, 2.05) is 4.90 Å². The van der Waals surface area contributed by atoms with Gasteiger partial charge in [-0.25, -0.2) is 4.39 Å². The van der Waals surface area contributed by atoms with Gasteiger partial charge in [-0.1, -0.05) is 26.0 Å². The summed E-state index contributed by atoms with van der Waals surface area (Å²) in [7, 11) is 0. The number of halogens is 1. The minimum Gasteiger partial charge on any atom is -0.340 e. The van der Waals surface area contributed by atoms with Crippen molar-refractivity contribution in [2.24, 2.45) is 5.92 Å². The summed E-state index contributed by atoms with van der Waals surface area (Å²) in [6.45, 7) is 8.94. The second kappa shape index (κ2) is 6.84. The molecule has 0 N–H and O–H groups in total. The number of nitrogens with zero attached hydrogens (tertiary/aromatic N) is 2. The van der Waals surface area contributed by atoms with Gasteiger partial charge in [0, 0.05) is 32.7 Å². The Labute approximate surface area is 120 Å². The van der Waals surface area contributed by atoms with E-state index < -0.39 is 0 Å². The summed E-state index contributed by atoms with van der Waals surface area (Å²) in [6.07, 6.45) is 0.294. The Balaban J connectivity index is 1.83. The van der Waals surface area contributed by atoms with Crippen molar-refractivity contribution in [2.45, 2.75) is 20.3 Å². The normalized spacial score (nSPS) is 16.7. The first kappa shape index (κ1) is 15.0. The van der Waals surface area contributed by atoms with E-state index in [1.54, 1.807) is 12.1 Å². The van der Waals surface area contributed by atoms with Crippen LogP contribution in [0, 0.1) is 11.7 Å². The molecule has 3 nitrogen and oxygen atoms in total. The Kier molecular flexibility index (Phi) is 5.12.